The molecule has 0 heterocycles. The van der Waals surface area contributed by atoms with E-state index in [0.717, 1.165) is 12.1 Å². The van der Waals surface area contributed by atoms with Crippen molar-refractivity contribution >= 4 is 11.7 Å². The zero-order valence-corrected chi connectivity index (χ0v) is 7.78. The Labute approximate surface area is 88.7 Å². The third-order valence-electron chi connectivity index (χ3n) is 1.72. The van der Waals surface area contributed by atoms with Gasteiger partial charge in [0.2, 0.25) is 0 Å². The maximum absolute atomic E-state index is 11.9. The van der Waals surface area contributed by atoms with Crippen molar-refractivity contribution in [1.82, 2.24) is 0 Å². The number of carboxylic acids is 1. The molecular formula is C9H6F2N2O3. The Morgan fingerprint density at radius 2 is 2.19 bits per heavy atom. The number of nitriles is 1. The molecule has 84 valence electrons. The molecule has 1 rings (SSSR count). The largest absolute Gasteiger partial charge is 0.478 e. The molecular weight excluding hydrogens is 222 g/mol. The number of aromatic carboxylic acids is 1. The van der Waals surface area contributed by atoms with Crippen LogP contribution in [0.5, 0.6) is 5.75 Å². The molecule has 0 spiro atoms. The van der Waals surface area contributed by atoms with E-state index in [9.17, 15) is 13.6 Å². The van der Waals surface area contributed by atoms with Crippen LogP contribution in [0, 0.1) is 11.3 Å². The average molecular weight is 228 g/mol. The molecule has 3 N–H and O–H groups in total. The standard InChI is InChI=1S/C9H6F2N2O3/c10-9(11)16-7-2-6(13)5(8(14)15)1-4(7)3-12/h1-2,9H,13H2,(H,14,15). The number of carboxylic acid groups (broad SMARTS) is 1. The predicted octanol–water partition coefficient (Wildman–Crippen LogP) is 1.44. The molecule has 1 aromatic carbocycles. The molecule has 0 atom stereocenters. The monoisotopic (exact) mass is 228 g/mol. The number of ether oxygens (including phenoxy) is 1. The minimum Gasteiger partial charge on any atom is -0.478 e. The van der Waals surface area contributed by atoms with E-state index in [1.54, 1.807) is 6.07 Å². The molecule has 0 aliphatic carbocycles. The van der Waals surface area contributed by atoms with Crippen LogP contribution in [0.4, 0.5) is 14.5 Å². The van der Waals surface area contributed by atoms with E-state index in [1.807, 2.05) is 0 Å². The van der Waals surface area contributed by atoms with Crippen LogP contribution in [-0.2, 0) is 0 Å². The van der Waals surface area contributed by atoms with E-state index in [2.05, 4.69) is 4.74 Å². The smallest absolute Gasteiger partial charge is 0.387 e. The number of nitrogens with zero attached hydrogens (tertiary/aromatic N) is 1. The van der Waals surface area contributed by atoms with Gasteiger partial charge in [-0.25, -0.2) is 4.79 Å². The lowest BCUT2D eigenvalue weighted by Crippen LogP contribution is -2.07. The van der Waals surface area contributed by atoms with Crippen LogP contribution in [0.3, 0.4) is 0 Å². The quantitative estimate of drug-likeness (QED) is 0.763. The van der Waals surface area contributed by atoms with Gasteiger partial charge in [-0.15, -0.1) is 0 Å². The van der Waals surface area contributed by atoms with Crippen LogP contribution in [0.25, 0.3) is 0 Å². The van der Waals surface area contributed by atoms with Crippen LogP contribution < -0.4 is 10.5 Å². The summed E-state index contributed by atoms with van der Waals surface area (Å²) in [6, 6.07) is 3.31. The zero-order valence-electron chi connectivity index (χ0n) is 7.78. The molecule has 7 heteroatoms. The topological polar surface area (TPSA) is 96.3 Å². The van der Waals surface area contributed by atoms with Gasteiger partial charge in [0.25, 0.3) is 0 Å². The van der Waals surface area contributed by atoms with Gasteiger partial charge in [-0.2, -0.15) is 14.0 Å². The fourth-order valence-corrected chi connectivity index (χ4v) is 1.06. The lowest BCUT2D eigenvalue weighted by Gasteiger charge is -2.08. The molecule has 1 aromatic rings. The molecule has 0 bridgehead atoms. The van der Waals surface area contributed by atoms with E-state index < -0.39 is 18.3 Å². The van der Waals surface area contributed by atoms with Gasteiger partial charge in [0.05, 0.1) is 11.1 Å². The number of benzene rings is 1. The van der Waals surface area contributed by atoms with E-state index in [0.29, 0.717) is 0 Å². The number of halogens is 2. The molecule has 0 saturated carbocycles. The maximum atomic E-state index is 11.9. The number of rotatable bonds is 3. The Hall–Kier alpha value is -2.36. The fourth-order valence-electron chi connectivity index (χ4n) is 1.06. The molecule has 0 amide bonds. The summed E-state index contributed by atoms with van der Waals surface area (Å²) in [5.41, 5.74) is 4.41. The second-order valence-corrected chi connectivity index (χ2v) is 2.73. The van der Waals surface area contributed by atoms with E-state index in [4.69, 9.17) is 16.1 Å². The van der Waals surface area contributed by atoms with Crippen LogP contribution in [0.2, 0.25) is 0 Å². The Balaban J connectivity index is 3.28. The summed E-state index contributed by atoms with van der Waals surface area (Å²) < 4.78 is 27.9. The van der Waals surface area contributed by atoms with Gasteiger partial charge in [0.1, 0.15) is 11.8 Å². The minimum atomic E-state index is -3.11. The second kappa shape index (κ2) is 4.44. The molecule has 0 fully saturated rings. The molecule has 0 saturated heterocycles. The number of hydrogen-bond donors (Lipinski definition) is 2. The van der Waals surface area contributed by atoms with E-state index >= 15 is 0 Å². The van der Waals surface area contributed by atoms with Gasteiger partial charge in [0, 0.05) is 11.8 Å². The van der Waals surface area contributed by atoms with Crippen molar-refractivity contribution in [1.29, 1.82) is 5.26 Å². The number of anilines is 1. The zero-order chi connectivity index (χ0) is 12.3. The van der Waals surface area contributed by atoms with Gasteiger partial charge in [-0.05, 0) is 6.07 Å². The highest BCUT2D eigenvalue weighted by molar-refractivity contribution is 5.94. The highest BCUT2D eigenvalue weighted by Gasteiger charge is 2.16. The third kappa shape index (κ3) is 2.36. The molecule has 0 unspecified atom stereocenters. The highest BCUT2D eigenvalue weighted by atomic mass is 19.3. The molecule has 0 aliphatic heterocycles. The Morgan fingerprint density at radius 1 is 1.56 bits per heavy atom. The summed E-state index contributed by atoms with van der Waals surface area (Å²) >= 11 is 0. The van der Waals surface area contributed by atoms with E-state index in [-0.39, 0.29) is 16.8 Å². The first kappa shape index (κ1) is 11.7. The number of carbonyl (C=O) groups is 1. The number of alkyl halides is 2. The minimum absolute atomic E-state index is 0.248. The van der Waals surface area contributed by atoms with Gasteiger partial charge in [0.15, 0.2) is 0 Å². The number of hydrogen-bond acceptors (Lipinski definition) is 4. The molecule has 16 heavy (non-hydrogen) atoms. The number of nitrogens with two attached hydrogens (primary N) is 1. The summed E-state index contributed by atoms with van der Waals surface area (Å²) in [7, 11) is 0. The summed E-state index contributed by atoms with van der Waals surface area (Å²) in [6.45, 7) is -3.11. The lowest BCUT2D eigenvalue weighted by molar-refractivity contribution is -0.0499. The second-order valence-electron chi connectivity index (χ2n) is 2.73. The normalized spacial score (nSPS) is 9.88. The molecule has 5 nitrogen and oxygen atoms in total. The molecule has 0 radical (unpaired) electrons. The highest BCUT2D eigenvalue weighted by Crippen LogP contribution is 2.26. The Bertz CT molecular complexity index is 469. The predicted molar refractivity (Wildman–Crippen MR) is 49.2 cm³/mol. The Morgan fingerprint density at radius 3 is 2.62 bits per heavy atom. The maximum Gasteiger partial charge on any atom is 0.387 e. The van der Waals surface area contributed by atoms with E-state index in [1.165, 1.54) is 0 Å². The van der Waals surface area contributed by atoms with Crippen LogP contribution in [0.15, 0.2) is 12.1 Å². The van der Waals surface area contributed by atoms with Crippen LogP contribution in [0.1, 0.15) is 15.9 Å². The number of nitrogen functional groups attached to an aromatic ring is 1. The first-order chi connectivity index (χ1) is 7.45. The van der Waals surface area contributed by atoms with Gasteiger partial charge in [-0.1, -0.05) is 0 Å². The van der Waals surface area contributed by atoms with Crippen molar-refractivity contribution in [2.45, 2.75) is 6.61 Å². The summed E-state index contributed by atoms with van der Waals surface area (Å²) in [4.78, 5) is 10.6. The molecule has 0 aliphatic rings. The van der Waals surface area contributed by atoms with Crippen molar-refractivity contribution in [3.8, 4) is 11.8 Å². The lowest BCUT2D eigenvalue weighted by atomic mass is 10.1. The van der Waals surface area contributed by atoms with Crippen LogP contribution in [-0.4, -0.2) is 17.7 Å². The van der Waals surface area contributed by atoms with Gasteiger partial charge < -0.3 is 15.6 Å². The van der Waals surface area contributed by atoms with Gasteiger partial charge >= 0.3 is 12.6 Å². The van der Waals surface area contributed by atoms with Crippen molar-refractivity contribution in [2.75, 3.05) is 5.73 Å². The molecule has 0 aromatic heterocycles. The third-order valence-corrected chi connectivity index (χ3v) is 1.72. The first-order valence-electron chi connectivity index (χ1n) is 3.97. The van der Waals surface area contributed by atoms with Crippen molar-refractivity contribution < 1.29 is 23.4 Å². The van der Waals surface area contributed by atoms with Crippen molar-refractivity contribution in [3.05, 3.63) is 23.3 Å². The Kier molecular flexibility index (Phi) is 3.25. The van der Waals surface area contributed by atoms with Crippen LogP contribution >= 0.6 is 0 Å². The summed E-state index contributed by atoms with van der Waals surface area (Å²) in [5.74, 6) is -1.79. The van der Waals surface area contributed by atoms with Crippen molar-refractivity contribution in [3.63, 3.8) is 0 Å². The first-order valence-corrected chi connectivity index (χ1v) is 3.97. The SMILES string of the molecule is N#Cc1cc(C(=O)O)c(N)cc1OC(F)F. The fraction of sp³-hybridized carbons (Fsp3) is 0.111. The van der Waals surface area contributed by atoms with Gasteiger partial charge in [-0.3, -0.25) is 0 Å². The van der Waals surface area contributed by atoms with Crippen molar-refractivity contribution in [2.24, 2.45) is 0 Å². The summed E-state index contributed by atoms with van der Waals surface area (Å²) in [5, 5.41) is 17.3. The average Bonchev–Trinajstić information content (AvgIpc) is 2.16. The summed E-state index contributed by atoms with van der Waals surface area (Å²) in [6.07, 6.45) is 0.